The van der Waals surface area contributed by atoms with Crippen LogP contribution in [0.3, 0.4) is 0 Å². The number of rotatable bonds is 2. The van der Waals surface area contributed by atoms with Crippen molar-refractivity contribution in [2.75, 3.05) is 11.4 Å². The third-order valence-electron chi connectivity index (χ3n) is 2.99. The van der Waals surface area contributed by atoms with E-state index in [0.717, 1.165) is 15.7 Å². The van der Waals surface area contributed by atoms with Gasteiger partial charge >= 0.3 is 0 Å². The van der Waals surface area contributed by atoms with E-state index in [0.29, 0.717) is 6.54 Å². The SMILES string of the molecule is Cc1ccc(Br)cc1N1CC(C(N)=O)CC1=O. The summed E-state index contributed by atoms with van der Waals surface area (Å²) in [6, 6.07) is 5.74. The number of hydrogen-bond acceptors (Lipinski definition) is 2. The van der Waals surface area contributed by atoms with Crippen molar-refractivity contribution < 1.29 is 9.59 Å². The molecule has 5 heteroatoms. The van der Waals surface area contributed by atoms with Gasteiger partial charge < -0.3 is 10.6 Å². The van der Waals surface area contributed by atoms with E-state index in [4.69, 9.17) is 5.73 Å². The fraction of sp³-hybridized carbons (Fsp3) is 0.333. The number of halogens is 1. The monoisotopic (exact) mass is 296 g/mol. The predicted octanol–water partition coefficient (Wildman–Crippen LogP) is 1.60. The number of primary amides is 1. The van der Waals surface area contributed by atoms with Crippen LogP contribution in [0.4, 0.5) is 5.69 Å². The molecule has 1 atom stereocenters. The molecule has 2 N–H and O–H groups in total. The molecule has 2 rings (SSSR count). The zero-order valence-corrected chi connectivity index (χ0v) is 11.0. The Morgan fingerprint density at radius 3 is 2.82 bits per heavy atom. The molecule has 1 aliphatic heterocycles. The molecule has 0 saturated carbocycles. The molecule has 90 valence electrons. The van der Waals surface area contributed by atoms with Gasteiger partial charge in [0.05, 0.1) is 5.92 Å². The van der Waals surface area contributed by atoms with Crippen LogP contribution >= 0.6 is 15.9 Å². The molecule has 0 aliphatic carbocycles. The number of anilines is 1. The second-order valence-corrected chi connectivity index (χ2v) is 5.15. The minimum absolute atomic E-state index is 0.0463. The van der Waals surface area contributed by atoms with Crippen molar-refractivity contribution in [3.05, 3.63) is 28.2 Å². The van der Waals surface area contributed by atoms with Crippen LogP contribution in [0.1, 0.15) is 12.0 Å². The summed E-state index contributed by atoms with van der Waals surface area (Å²) in [6.45, 7) is 2.32. The average molecular weight is 297 g/mol. The zero-order chi connectivity index (χ0) is 12.6. The van der Waals surface area contributed by atoms with E-state index in [2.05, 4.69) is 15.9 Å². The van der Waals surface area contributed by atoms with E-state index in [9.17, 15) is 9.59 Å². The highest BCUT2D eigenvalue weighted by molar-refractivity contribution is 9.10. The predicted molar refractivity (Wildman–Crippen MR) is 68.5 cm³/mol. The van der Waals surface area contributed by atoms with E-state index in [-0.39, 0.29) is 18.2 Å². The molecule has 1 fully saturated rings. The highest BCUT2D eigenvalue weighted by atomic mass is 79.9. The molecule has 17 heavy (non-hydrogen) atoms. The van der Waals surface area contributed by atoms with Crippen molar-refractivity contribution in [2.24, 2.45) is 11.7 Å². The molecule has 1 aliphatic rings. The lowest BCUT2D eigenvalue weighted by Gasteiger charge is -2.19. The summed E-state index contributed by atoms with van der Waals surface area (Å²) in [7, 11) is 0. The van der Waals surface area contributed by atoms with Gasteiger partial charge in [0.2, 0.25) is 11.8 Å². The number of amides is 2. The first-order chi connectivity index (χ1) is 7.99. The Labute approximate surface area is 108 Å². The minimum Gasteiger partial charge on any atom is -0.369 e. The highest BCUT2D eigenvalue weighted by Gasteiger charge is 2.34. The topological polar surface area (TPSA) is 63.4 Å². The van der Waals surface area contributed by atoms with Gasteiger partial charge in [-0.2, -0.15) is 0 Å². The molecule has 1 saturated heterocycles. The molecular weight excluding hydrogens is 284 g/mol. The fourth-order valence-electron chi connectivity index (χ4n) is 2.00. The Hall–Kier alpha value is -1.36. The number of hydrogen-bond donors (Lipinski definition) is 1. The number of benzene rings is 1. The van der Waals surface area contributed by atoms with Crippen LogP contribution in [0.2, 0.25) is 0 Å². The summed E-state index contributed by atoms with van der Waals surface area (Å²) < 4.78 is 0.911. The quantitative estimate of drug-likeness (QED) is 0.901. The maximum atomic E-state index is 11.9. The maximum absolute atomic E-state index is 11.9. The Balaban J connectivity index is 2.32. The first kappa shape index (κ1) is 12.1. The third-order valence-corrected chi connectivity index (χ3v) is 3.48. The summed E-state index contributed by atoms with van der Waals surface area (Å²) in [4.78, 5) is 24.6. The standard InChI is InChI=1S/C12H13BrN2O2/c1-7-2-3-9(13)5-10(7)15-6-8(12(14)17)4-11(15)16/h2-3,5,8H,4,6H2,1H3,(H2,14,17). The molecular formula is C12H13BrN2O2. The van der Waals surface area contributed by atoms with Gasteiger partial charge in [-0.25, -0.2) is 0 Å². The smallest absolute Gasteiger partial charge is 0.227 e. The van der Waals surface area contributed by atoms with Gasteiger partial charge in [0.1, 0.15) is 0 Å². The van der Waals surface area contributed by atoms with Crippen molar-refractivity contribution in [3.8, 4) is 0 Å². The normalized spacial score (nSPS) is 19.8. The summed E-state index contributed by atoms with van der Waals surface area (Å²) in [5, 5.41) is 0. The van der Waals surface area contributed by atoms with Gasteiger partial charge in [-0.05, 0) is 24.6 Å². The largest absolute Gasteiger partial charge is 0.369 e. The molecule has 0 bridgehead atoms. The van der Waals surface area contributed by atoms with E-state index in [1.165, 1.54) is 0 Å². The van der Waals surface area contributed by atoms with Crippen molar-refractivity contribution in [1.82, 2.24) is 0 Å². The summed E-state index contributed by atoms with van der Waals surface area (Å²) in [5.41, 5.74) is 7.09. The molecule has 0 radical (unpaired) electrons. The van der Waals surface area contributed by atoms with Gasteiger partial charge in [0.25, 0.3) is 0 Å². The van der Waals surface area contributed by atoms with Crippen molar-refractivity contribution in [2.45, 2.75) is 13.3 Å². The lowest BCUT2D eigenvalue weighted by atomic mass is 10.1. The van der Waals surface area contributed by atoms with Gasteiger partial charge in [-0.1, -0.05) is 22.0 Å². The number of nitrogens with zero attached hydrogens (tertiary/aromatic N) is 1. The molecule has 1 aromatic rings. The Kier molecular flexibility index (Phi) is 3.19. The molecule has 0 spiro atoms. The van der Waals surface area contributed by atoms with Crippen molar-refractivity contribution in [3.63, 3.8) is 0 Å². The molecule has 1 aromatic carbocycles. The van der Waals surface area contributed by atoms with E-state index >= 15 is 0 Å². The maximum Gasteiger partial charge on any atom is 0.227 e. The lowest BCUT2D eigenvalue weighted by molar-refractivity contribution is -0.123. The molecule has 2 amide bonds. The van der Waals surface area contributed by atoms with Gasteiger partial charge in [-0.15, -0.1) is 0 Å². The van der Waals surface area contributed by atoms with E-state index in [1.54, 1.807) is 4.90 Å². The molecule has 1 heterocycles. The summed E-state index contributed by atoms with van der Waals surface area (Å²) >= 11 is 3.38. The Morgan fingerprint density at radius 2 is 2.24 bits per heavy atom. The minimum atomic E-state index is -0.409. The van der Waals surface area contributed by atoms with E-state index in [1.807, 2.05) is 25.1 Å². The Morgan fingerprint density at radius 1 is 1.53 bits per heavy atom. The number of aryl methyl sites for hydroxylation is 1. The van der Waals surface area contributed by atoms with Gasteiger partial charge in [-0.3, -0.25) is 9.59 Å². The number of nitrogens with two attached hydrogens (primary N) is 1. The molecule has 1 unspecified atom stereocenters. The average Bonchev–Trinajstić information content (AvgIpc) is 2.64. The van der Waals surface area contributed by atoms with Gasteiger partial charge in [0.15, 0.2) is 0 Å². The van der Waals surface area contributed by atoms with Crippen molar-refractivity contribution in [1.29, 1.82) is 0 Å². The zero-order valence-electron chi connectivity index (χ0n) is 9.44. The van der Waals surface area contributed by atoms with Crippen LogP contribution in [0.25, 0.3) is 0 Å². The lowest BCUT2D eigenvalue weighted by Crippen LogP contribution is -2.28. The van der Waals surface area contributed by atoms with Crippen LogP contribution in [0.5, 0.6) is 0 Å². The second-order valence-electron chi connectivity index (χ2n) is 4.24. The number of carbonyl (C=O) groups is 2. The molecule has 0 aromatic heterocycles. The van der Waals surface area contributed by atoms with Crippen LogP contribution < -0.4 is 10.6 Å². The van der Waals surface area contributed by atoms with Crippen molar-refractivity contribution >= 4 is 33.4 Å². The first-order valence-electron chi connectivity index (χ1n) is 5.35. The summed E-state index contributed by atoms with van der Waals surface area (Å²) in [5.74, 6) is -0.829. The molecule has 4 nitrogen and oxygen atoms in total. The van der Waals surface area contributed by atoms with E-state index < -0.39 is 5.91 Å². The fourth-order valence-corrected chi connectivity index (χ4v) is 2.35. The van der Waals surface area contributed by atoms with Crippen LogP contribution in [0.15, 0.2) is 22.7 Å². The highest BCUT2D eigenvalue weighted by Crippen LogP contribution is 2.30. The summed E-state index contributed by atoms with van der Waals surface area (Å²) in [6.07, 6.45) is 0.210. The number of carbonyl (C=O) groups excluding carboxylic acids is 2. The first-order valence-corrected chi connectivity index (χ1v) is 6.14. The second kappa shape index (κ2) is 4.49. The third kappa shape index (κ3) is 2.34. The van der Waals surface area contributed by atoms with Gasteiger partial charge in [0, 0.05) is 23.1 Å². The van der Waals surface area contributed by atoms with Crippen LogP contribution in [-0.4, -0.2) is 18.4 Å². The van der Waals surface area contributed by atoms with Crippen LogP contribution in [-0.2, 0) is 9.59 Å². The Bertz CT molecular complexity index is 487. The van der Waals surface area contributed by atoms with Crippen LogP contribution in [0, 0.1) is 12.8 Å².